The van der Waals surface area contributed by atoms with Gasteiger partial charge in [0.05, 0.1) is 12.6 Å². The van der Waals surface area contributed by atoms with Gasteiger partial charge >= 0.3 is 0 Å². The number of nitrogens with two attached hydrogens (primary N) is 1. The number of nitrogens with zero attached hydrogens (tertiary/aromatic N) is 1. The van der Waals surface area contributed by atoms with Crippen LogP contribution in [0.4, 0.5) is 5.69 Å². The van der Waals surface area contributed by atoms with Crippen LogP contribution < -0.4 is 15.8 Å². The molecule has 0 unspecified atom stereocenters. The molecule has 1 saturated carbocycles. The SMILES string of the molecule is CCOc1cccc([C@@H]2C[C@H]2N=C(N)Nc2cccc(C)c2)c1. The van der Waals surface area contributed by atoms with E-state index < -0.39 is 0 Å². The van der Waals surface area contributed by atoms with Gasteiger partial charge < -0.3 is 15.8 Å². The van der Waals surface area contributed by atoms with Crippen LogP contribution in [0.15, 0.2) is 53.5 Å². The molecule has 23 heavy (non-hydrogen) atoms. The number of nitrogens with one attached hydrogen (secondary N) is 1. The first kappa shape index (κ1) is 15.4. The lowest BCUT2D eigenvalue weighted by atomic mass is 10.1. The molecule has 0 saturated heterocycles. The molecule has 0 aliphatic heterocycles. The van der Waals surface area contributed by atoms with Crippen molar-refractivity contribution in [3.05, 3.63) is 59.7 Å². The Hall–Kier alpha value is -2.49. The highest BCUT2D eigenvalue weighted by Crippen LogP contribution is 2.44. The molecule has 0 bridgehead atoms. The van der Waals surface area contributed by atoms with Crippen molar-refractivity contribution in [1.82, 2.24) is 0 Å². The Morgan fingerprint density at radius 1 is 1.26 bits per heavy atom. The molecule has 0 heterocycles. The number of ether oxygens (including phenoxy) is 1. The Bertz CT molecular complexity index is 711. The van der Waals surface area contributed by atoms with E-state index in [1.165, 1.54) is 11.1 Å². The van der Waals surface area contributed by atoms with Crippen LogP contribution in [0.3, 0.4) is 0 Å². The Balaban J connectivity index is 1.62. The zero-order valence-corrected chi connectivity index (χ0v) is 13.6. The highest BCUT2D eigenvalue weighted by Gasteiger charge is 2.38. The number of guanidine groups is 1. The average molecular weight is 309 g/mol. The summed E-state index contributed by atoms with van der Waals surface area (Å²) >= 11 is 0. The molecular weight excluding hydrogens is 286 g/mol. The van der Waals surface area contributed by atoms with Gasteiger partial charge in [-0.25, -0.2) is 4.99 Å². The highest BCUT2D eigenvalue weighted by molar-refractivity contribution is 5.92. The lowest BCUT2D eigenvalue weighted by Gasteiger charge is -2.07. The minimum absolute atomic E-state index is 0.254. The van der Waals surface area contributed by atoms with Crippen molar-refractivity contribution in [2.75, 3.05) is 11.9 Å². The van der Waals surface area contributed by atoms with E-state index in [0.29, 0.717) is 18.5 Å². The Kier molecular flexibility index (Phi) is 4.51. The van der Waals surface area contributed by atoms with Gasteiger partial charge in [0.25, 0.3) is 0 Å². The van der Waals surface area contributed by atoms with Crippen molar-refractivity contribution in [3.8, 4) is 5.75 Å². The summed E-state index contributed by atoms with van der Waals surface area (Å²) in [6, 6.07) is 16.6. The Morgan fingerprint density at radius 2 is 2.09 bits per heavy atom. The molecular formula is C19H23N3O. The number of hydrogen-bond acceptors (Lipinski definition) is 2. The summed E-state index contributed by atoms with van der Waals surface area (Å²) in [6.45, 7) is 4.73. The van der Waals surface area contributed by atoms with E-state index in [2.05, 4.69) is 41.5 Å². The number of hydrogen-bond donors (Lipinski definition) is 2. The van der Waals surface area contributed by atoms with E-state index in [1.807, 2.05) is 31.2 Å². The second-order valence-corrected chi connectivity index (χ2v) is 5.92. The van der Waals surface area contributed by atoms with Gasteiger partial charge in [-0.3, -0.25) is 0 Å². The first-order chi connectivity index (χ1) is 11.2. The van der Waals surface area contributed by atoms with Gasteiger partial charge in [-0.15, -0.1) is 0 Å². The highest BCUT2D eigenvalue weighted by atomic mass is 16.5. The van der Waals surface area contributed by atoms with E-state index in [0.717, 1.165) is 17.9 Å². The maximum Gasteiger partial charge on any atom is 0.193 e. The van der Waals surface area contributed by atoms with Crippen LogP contribution in [0, 0.1) is 6.92 Å². The van der Waals surface area contributed by atoms with Gasteiger partial charge in [-0.05, 0) is 55.7 Å². The maximum atomic E-state index is 6.03. The van der Waals surface area contributed by atoms with Crippen LogP contribution in [-0.4, -0.2) is 18.6 Å². The van der Waals surface area contributed by atoms with Crippen LogP contribution >= 0.6 is 0 Å². The zero-order valence-electron chi connectivity index (χ0n) is 13.6. The minimum Gasteiger partial charge on any atom is -0.494 e. The van der Waals surface area contributed by atoms with Crippen LogP contribution in [0.2, 0.25) is 0 Å². The standard InChI is InChI=1S/C19H23N3O/c1-3-23-16-9-5-7-14(11-16)17-12-18(17)22-19(20)21-15-8-4-6-13(2)10-15/h4-11,17-18H,3,12H2,1-2H3,(H3,20,21,22)/t17-,18+/m0/s1. The molecule has 0 amide bonds. The largest absolute Gasteiger partial charge is 0.494 e. The quantitative estimate of drug-likeness (QED) is 0.654. The number of aliphatic imine (C=N–C) groups is 1. The van der Waals surface area contributed by atoms with Gasteiger partial charge in [-0.1, -0.05) is 24.3 Å². The van der Waals surface area contributed by atoms with E-state index in [-0.39, 0.29) is 6.04 Å². The average Bonchev–Trinajstić information content (AvgIpc) is 3.27. The Morgan fingerprint density at radius 3 is 2.87 bits per heavy atom. The molecule has 1 fully saturated rings. The fourth-order valence-corrected chi connectivity index (χ4v) is 2.77. The maximum absolute atomic E-state index is 6.03. The number of benzene rings is 2. The van der Waals surface area contributed by atoms with Crippen molar-refractivity contribution in [1.29, 1.82) is 0 Å². The summed E-state index contributed by atoms with van der Waals surface area (Å²) in [5, 5.41) is 3.16. The van der Waals surface area contributed by atoms with Crippen molar-refractivity contribution in [2.45, 2.75) is 32.2 Å². The van der Waals surface area contributed by atoms with Gasteiger partial charge in [0.1, 0.15) is 5.75 Å². The van der Waals surface area contributed by atoms with Crippen LogP contribution in [0.25, 0.3) is 0 Å². The molecule has 3 rings (SSSR count). The molecule has 3 N–H and O–H groups in total. The molecule has 0 spiro atoms. The normalized spacial score (nSPS) is 20.2. The lowest BCUT2D eigenvalue weighted by Crippen LogP contribution is -2.23. The van der Waals surface area contributed by atoms with Crippen LogP contribution in [-0.2, 0) is 0 Å². The summed E-state index contributed by atoms with van der Waals surface area (Å²) in [5.41, 5.74) is 9.47. The van der Waals surface area contributed by atoms with Crippen LogP contribution in [0.1, 0.15) is 30.4 Å². The molecule has 4 nitrogen and oxygen atoms in total. The first-order valence-electron chi connectivity index (χ1n) is 8.05. The smallest absolute Gasteiger partial charge is 0.193 e. The van der Waals surface area contributed by atoms with Gasteiger partial charge in [0.15, 0.2) is 5.96 Å². The summed E-state index contributed by atoms with van der Waals surface area (Å²) in [4.78, 5) is 4.59. The number of anilines is 1. The first-order valence-corrected chi connectivity index (χ1v) is 8.05. The predicted molar refractivity (Wildman–Crippen MR) is 95.2 cm³/mol. The summed E-state index contributed by atoms with van der Waals surface area (Å²) in [5.74, 6) is 1.84. The molecule has 2 aromatic carbocycles. The summed E-state index contributed by atoms with van der Waals surface area (Å²) in [7, 11) is 0. The number of aryl methyl sites for hydroxylation is 1. The van der Waals surface area contributed by atoms with E-state index in [1.54, 1.807) is 0 Å². The zero-order chi connectivity index (χ0) is 16.2. The Labute approximate surface area is 137 Å². The fourth-order valence-electron chi connectivity index (χ4n) is 2.77. The van der Waals surface area contributed by atoms with Crippen molar-refractivity contribution in [2.24, 2.45) is 10.7 Å². The molecule has 4 heteroatoms. The van der Waals surface area contributed by atoms with Gasteiger partial charge in [0.2, 0.25) is 0 Å². The van der Waals surface area contributed by atoms with E-state index in [4.69, 9.17) is 10.5 Å². The van der Waals surface area contributed by atoms with Crippen molar-refractivity contribution < 1.29 is 4.74 Å². The third kappa shape index (κ3) is 4.03. The number of rotatable bonds is 5. The molecule has 1 aliphatic carbocycles. The summed E-state index contributed by atoms with van der Waals surface area (Å²) < 4.78 is 5.56. The van der Waals surface area contributed by atoms with E-state index >= 15 is 0 Å². The van der Waals surface area contributed by atoms with Gasteiger partial charge in [0, 0.05) is 11.6 Å². The third-order valence-electron chi connectivity index (χ3n) is 3.95. The fraction of sp³-hybridized carbons (Fsp3) is 0.316. The van der Waals surface area contributed by atoms with E-state index in [9.17, 15) is 0 Å². The molecule has 120 valence electrons. The molecule has 1 aliphatic rings. The summed E-state index contributed by atoms with van der Waals surface area (Å²) in [6.07, 6.45) is 1.03. The monoisotopic (exact) mass is 309 g/mol. The topological polar surface area (TPSA) is 59.6 Å². The second-order valence-electron chi connectivity index (χ2n) is 5.92. The predicted octanol–water partition coefficient (Wildman–Crippen LogP) is 3.68. The molecule has 2 atom stereocenters. The van der Waals surface area contributed by atoms with Crippen LogP contribution in [0.5, 0.6) is 5.75 Å². The van der Waals surface area contributed by atoms with Crippen molar-refractivity contribution in [3.63, 3.8) is 0 Å². The second kappa shape index (κ2) is 6.73. The lowest BCUT2D eigenvalue weighted by molar-refractivity contribution is 0.340. The molecule has 0 aromatic heterocycles. The van der Waals surface area contributed by atoms with Gasteiger partial charge in [-0.2, -0.15) is 0 Å². The minimum atomic E-state index is 0.254. The van der Waals surface area contributed by atoms with Crippen molar-refractivity contribution >= 4 is 11.6 Å². The third-order valence-corrected chi connectivity index (χ3v) is 3.95. The molecule has 2 aromatic rings. The molecule has 0 radical (unpaired) electrons.